The Morgan fingerprint density at radius 3 is 2.76 bits per heavy atom. The van der Waals surface area contributed by atoms with Crippen LogP contribution in [0.15, 0.2) is 64.2 Å². The Labute approximate surface area is 152 Å². The molecule has 1 aliphatic rings. The van der Waals surface area contributed by atoms with Gasteiger partial charge in [-0.2, -0.15) is 10.2 Å². The molecule has 3 aromatic heterocycles. The fourth-order valence-electron chi connectivity index (χ4n) is 2.88. The Hall–Kier alpha value is -2.70. The highest BCUT2D eigenvalue weighted by Gasteiger charge is 2.21. The third-order valence-electron chi connectivity index (χ3n) is 4.06. The van der Waals surface area contributed by atoms with E-state index in [2.05, 4.69) is 32.7 Å². The average molecular weight is 360 g/mol. The summed E-state index contributed by atoms with van der Waals surface area (Å²) in [5.74, 6) is 0. The maximum atomic E-state index is 4.99. The molecule has 0 atom stereocenters. The standard InChI is InChI=1S/C19H12N4S2/c1-2-4-12(5-3-1)16-18(15-7-10-21-23-15)25-19(22-16)13-6-9-20-14-8-11-24-17(13)14/h1-6,8-11H,7H2. The van der Waals surface area contributed by atoms with E-state index in [4.69, 9.17) is 4.98 Å². The van der Waals surface area contributed by atoms with Crippen molar-refractivity contribution >= 4 is 44.8 Å². The number of hydrogen-bond donors (Lipinski definition) is 0. The van der Waals surface area contributed by atoms with E-state index in [9.17, 15) is 0 Å². The van der Waals surface area contributed by atoms with Gasteiger partial charge < -0.3 is 0 Å². The van der Waals surface area contributed by atoms with Crippen LogP contribution in [0.2, 0.25) is 0 Å². The smallest absolute Gasteiger partial charge is 0.126 e. The molecule has 4 aromatic rings. The first kappa shape index (κ1) is 14.6. The van der Waals surface area contributed by atoms with Crippen molar-refractivity contribution < 1.29 is 0 Å². The van der Waals surface area contributed by atoms with Gasteiger partial charge in [0.15, 0.2) is 0 Å². The molecule has 0 radical (unpaired) electrons. The molecular weight excluding hydrogens is 348 g/mol. The van der Waals surface area contributed by atoms with Crippen LogP contribution in [0.1, 0.15) is 11.3 Å². The van der Waals surface area contributed by atoms with Crippen molar-refractivity contribution in [2.75, 3.05) is 0 Å². The number of aromatic nitrogens is 2. The molecule has 5 rings (SSSR count). The Morgan fingerprint density at radius 1 is 1.00 bits per heavy atom. The van der Waals surface area contributed by atoms with Crippen LogP contribution in [0.25, 0.3) is 32.0 Å². The summed E-state index contributed by atoms with van der Waals surface area (Å²) in [6, 6.07) is 14.4. The largest absolute Gasteiger partial charge is 0.255 e. The quantitative estimate of drug-likeness (QED) is 0.500. The number of pyridine rings is 1. The van der Waals surface area contributed by atoms with Crippen LogP contribution in [0.3, 0.4) is 0 Å². The van der Waals surface area contributed by atoms with E-state index in [1.165, 1.54) is 4.70 Å². The minimum atomic E-state index is 0.756. The van der Waals surface area contributed by atoms with E-state index in [0.29, 0.717) is 0 Å². The minimum absolute atomic E-state index is 0.756. The molecule has 0 spiro atoms. The highest BCUT2D eigenvalue weighted by atomic mass is 32.1. The van der Waals surface area contributed by atoms with Crippen LogP contribution in [0, 0.1) is 0 Å². The Balaban J connectivity index is 1.73. The summed E-state index contributed by atoms with van der Waals surface area (Å²) in [6.07, 6.45) is 4.45. The van der Waals surface area contributed by atoms with Crippen LogP contribution in [-0.2, 0) is 0 Å². The van der Waals surface area contributed by atoms with E-state index in [1.54, 1.807) is 22.7 Å². The van der Waals surface area contributed by atoms with Crippen LogP contribution < -0.4 is 0 Å². The van der Waals surface area contributed by atoms with Gasteiger partial charge in [-0.3, -0.25) is 4.98 Å². The zero-order chi connectivity index (χ0) is 16.6. The molecule has 0 bridgehead atoms. The van der Waals surface area contributed by atoms with Gasteiger partial charge in [0.05, 0.1) is 26.5 Å². The van der Waals surface area contributed by atoms with E-state index in [1.807, 2.05) is 42.7 Å². The maximum absolute atomic E-state index is 4.99. The van der Waals surface area contributed by atoms with Gasteiger partial charge in [-0.05, 0) is 17.5 Å². The maximum Gasteiger partial charge on any atom is 0.126 e. The number of rotatable bonds is 3. The molecule has 6 heteroatoms. The highest BCUT2D eigenvalue weighted by molar-refractivity contribution is 7.20. The second kappa shape index (κ2) is 5.98. The van der Waals surface area contributed by atoms with Gasteiger partial charge in [0.2, 0.25) is 0 Å². The lowest BCUT2D eigenvalue weighted by Crippen LogP contribution is -1.97. The summed E-state index contributed by atoms with van der Waals surface area (Å²) in [6.45, 7) is 0. The summed E-state index contributed by atoms with van der Waals surface area (Å²) < 4.78 is 1.17. The zero-order valence-corrected chi connectivity index (χ0v) is 14.7. The predicted octanol–water partition coefficient (Wildman–Crippen LogP) is 5.27. The van der Waals surface area contributed by atoms with Gasteiger partial charge in [-0.1, -0.05) is 30.3 Å². The molecule has 0 amide bonds. The van der Waals surface area contributed by atoms with Gasteiger partial charge in [-0.25, -0.2) is 4.98 Å². The first-order valence-electron chi connectivity index (χ1n) is 7.88. The van der Waals surface area contributed by atoms with Crippen LogP contribution in [0.4, 0.5) is 0 Å². The second-order valence-electron chi connectivity index (χ2n) is 5.61. The van der Waals surface area contributed by atoms with Crippen molar-refractivity contribution in [2.45, 2.75) is 6.42 Å². The summed E-state index contributed by atoms with van der Waals surface area (Å²) >= 11 is 3.38. The van der Waals surface area contributed by atoms with Crippen LogP contribution in [0.5, 0.6) is 0 Å². The van der Waals surface area contributed by atoms with Crippen molar-refractivity contribution in [1.82, 2.24) is 9.97 Å². The van der Waals surface area contributed by atoms with E-state index in [0.717, 1.165) is 44.4 Å². The van der Waals surface area contributed by atoms with Gasteiger partial charge in [0.25, 0.3) is 0 Å². The molecule has 0 saturated carbocycles. The predicted molar refractivity (Wildman–Crippen MR) is 106 cm³/mol. The summed E-state index contributed by atoms with van der Waals surface area (Å²) in [5, 5.41) is 11.4. The molecule has 1 aromatic carbocycles. The lowest BCUT2D eigenvalue weighted by molar-refractivity contribution is 1.28. The van der Waals surface area contributed by atoms with Gasteiger partial charge in [0, 0.05) is 30.0 Å². The van der Waals surface area contributed by atoms with Gasteiger partial charge in [-0.15, -0.1) is 22.7 Å². The van der Waals surface area contributed by atoms with Crippen molar-refractivity contribution in [3.8, 4) is 21.8 Å². The lowest BCUT2D eigenvalue weighted by Gasteiger charge is -2.00. The SMILES string of the molecule is C1=NN=C(c2sc(-c3ccnc4ccsc34)nc2-c2ccccc2)C1. The van der Waals surface area contributed by atoms with Crippen LogP contribution >= 0.6 is 22.7 Å². The van der Waals surface area contributed by atoms with E-state index < -0.39 is 0 Å². The Bertz CT molecular complexity index is 1120. The number of benzene rings is 1. The topological polar surface area (TPSA) is 50.5 Å². The van der Waals surface area contributed by atoms with Crippen molar-refractivity contribution in [3.05, 3.63) is 58.9 Å². The average Bonchev–Trinajstić information content (AvgIpc) is 3.40. The number of thiophene rings is 1. The third-order valence-corrected chi connectivity index (χ3v) is 6.13. The molecule has 1 aliphatic heterocycles. The van der Waals surface area contributed by atoms with E-state index >= 15 is 0 Å². The number of nitrogens with zero attached hydrogens (tertiary/aromatic N) is 4. The minimum Gasteiger partial charge on any atom is -0.255 e. The normalized spacial score (nSPS) is 13.5. The highest BCUT2D eigenvalue weighted by Crippen LogP contribution is 2.38. The molecule has 0 aliphatic carbocycles. The number of thiazole rings is 1. The molecule has 120 valence electrons. The fraction of sp³-hybridized carbons (Fsp3) is 0.0526. The summed E-state index contributed by atoms with van der Waals surface area (Å²) in [7, 11) is 0. The van der Waals surface area contributed by atoms with E-state index in [-0.39, 0.29) is 0 Å². The van der Waals surface area contributed by atoms with Gasteiger partial charge >= 0.3 is 0 Å². The molecule has 25 heavy (non-hydrogen) atoms. The molecule has 4 heterocycles. The second-order valence-corrected chi connectivity index (χ2v) is 7.52. The molecular formula is C19H12N4S2. The van der Waals surface area contributed by atoms with Crippen LogP contribution in [-0.4, -0.2) is 21.9 Å². The third kappa shape index (κ3) is 2.50. The Morgan fingerprint density at radius 2 is 1.92 bits per heavy atom. The summed E-state index contributed by atoms with van der Waals surface area (Å²) in [5.41, 5.74) is 5.21. The van der Waals surface area contributed by atoms with Crippen molar-refractivity contribution in [1.29, 1.82) is 0 Å². The molecule has 0 N–H and O–H groups in total. The zero-order valence-electron chi connectivity index (χ0n) is 13.1. The molecule has 4 nitrogen and oxygen atoms in total. The van der Waals surface area contributed by atoms with Gasteiger partial charge in [0.1, 0.15) is 5.01 Å². The molecule has 0 unspecified atom stereocenters. The lowest BCUT2D eigenvalue weighted by atomic mass is 10.1. The fourth-order valence-corrected chi connectivity index (χ4v) is 4.92. The van der Waals surface area contributed by atoms with Crippen molar-refractivity contribution in [3.63, 3.8) is 0 Å². The first-order valence-corrected chi connectivity index (χ1v) is 9.57. The number of fused-ring (bicyclic) bond motifs is 1. The monoisotopic (exact) mass is 360 g/mol. The molecule has 0 saturated heterocycles. The summed E-state index contributed by atoms with van der Waals surface area (Å²) in [4.78, 5) is 10.5. The van der Waals surface area contributed by atoms with Crippen molar-refractivity contribution in [2.24, 2.45) is 10.2 Å². The first-order chi connectivity index (χ1) is 12.4. The molecule has 0 fully saturated rings. The Kier molecular flexibility index (Phi) is 3.50. The number of hydrogen-bond acceptors (Lipinski definition) is 6.